The zero-order valence-electron chi connectivity index (χ0n) is 11.9. The van der Waals surface area contributed by atoms with Crippen molar-refractivity contribution in [3.05, 3.63) is 34.3 Å². The summed E-state index contributed by atoms with van der Waals surface area (Å²) in [5.74, 6) is 0.218. The standard InChI is InChI=1S/C15H23ClN2O/c1-4-11(5-2)10(3)18-9-13-7-6-12(15(17)19)8-14(13)16/h6-8,10-11,18H,4-5,9H2,1-3H3,(H2,17,19). The van der Waals surface area contributed by atoms with Gasteiger partial charge in [-0.1, -0.05) is 44.4 Å². The molecule has 0 saturated heterocycles. The Morgan fingerprint density at radius 3 is 2.47 bits per heavy atom. The first kappa shape index (κ1) is 16.0. The number of hydrogen-bond donors (Lipinski definition) is 2. The first-order valence-corrected chi connectivity index (χ1v) is 7.18. The Morgan fingerprint density at radius 2 is 2.00 bits per heavy atom. The Labute approximate surface area is 120 Å². The van der Waals surface area contributed by atoms with E-state index in [1.165, 1.54) is 12.8 Å². The van der Waals surface area contributed by atoms with Crippen molar-refractivity contribution in [3.8, 4) is 0 Å². The fourth-order valence-corrected chi connectivity index (χ4v) is 2.52. The molecular weight excluding hydrogens is 260 g/mol. The van der Waals surface area contributed by atoms with E-state index >= 15 is 0 Å². The first-order valence-electron chi connectivity index (χ1n) is 6.81. The number of nitrogens with one attached hydrogen (secondary N) is 1. The number of carbonyl (C=O) groups excluding carboxylic acids is 1. The molecule has 0 radical (unpaired) electrons. The first-order chi connectivity index (χ1) is 8.99. The van der Waals surface area contributed by atoms with Gasteiger partial charge in [-0.3, -0.25) is 4.79 Å². The highest BCUT2D eigenvalue weighted by Gasteiger charge is 2.13. The summed E-state index contributed by atoms with van der Waals surface area (Å²) in [6.45, 7) is 7.32. The maximum Gasteiger partial charge on any atom is 0.248 e. The Hall–Kier alpha value is -1.06. The average Bonchev–Trinajstić information content (AvgIpc) is 2.38. The van der Waals surface area contributed by atoms with Crippen molar-refractivity contribution in [1.29, 1.82) is 0 Å². The minimum atomic E-state index is -0.452. The van der Waals surface area contributed by atoms with Crippen LogP contribution in [0.1, 0.15) is 49.5 Å². The molecule has 0 aliphatic heterocycles. The Balaban J connectivity index is 2.65. The van der Waals surface area contributed by atoms with Gasteiger partial charge in [0, 0.05) is 23.2 Å². The molecule has 1 atom stereocenters. The van der Waals surface area contributed by atoms with E-state index in [0.717, 1.165) is 5.56 Å². The van der Waals surface area contributed by atoms with Crippen molar-refractivity contribution >= 4 is 17.5 Å². The van der Waals surface area contributed by atoms with Gasteiger partial charge < -0.3 is 11.1 Å². The third-order valence-electron chi connectivity index (χ3n) is 3.71. The third kappa shape index (κ3) is 4.51. The van der Waals surface area contributed by atoms with E-state index in [1.807, 2.05) is 6.07 Å². The molecule has 1 rings (SSSR count). The lowest BCUT2D eigenvalue weighted by Gasteiger charge is -2.22. The number of amides is 1. The summed E-state index contributed by atoms with van der Waals surface area (Å²) in [4.78, 5) is 11.0. The second kappa shape index (κ2) is 7.51. The van der Waals surface area contributed by atoms with Crippen LogP contribution >= 0.6 is 11.6 Å². The summed E-state index contributed by atoms with van der Waals surface area (Å²) < 4.78 is 0. The van der Waals surface area contributed by atoms with Crippen LogP contribution in [0.3, 0.4) is 0 Å². The van der Waals surface area contributed by atoms with Gasteiger partial charge in [0.1, 0.15) is 0 Å². The number of nitrogens with two attached hydrogens (primary N) is 1. The molecule has 1 unspecified atom stereocenters. The predicted octanol–water partition coefficient (Wildman–Crippen LogP) is 3.35. The summed E-state index contributed by atoms with van der Waals surface area (Å²) in [7, 11) is 0. The molecule has 0 bridgehead atoms. The van der Waals surface area contributed by atoms with Gasteiger partial charge in [-0.15, -0.1) is 0 Å². The normalized spacial score (nSPS) is 12.7. The Morgan fingerprint density at radius 1 is 1.37 bits per heavy atom. The summed E-state index contributed by atoms with van der Waals surface area (Å²) in [6, 6.07) is 5.65. The molecule has 1 aromatic carbocycles. The van der Waals surface area contributed by atoms with E-state index in [-0.39, 0.29) is 0 Å². The summed E-state index contributed by atoms with van der Waals surface area (Å²) in [5.41, 5.74) is 6.65. The molecular formula is C15H23ClN2O. The molecule has 0 saturated carbocycles. The van der Waals surface area contributed by atoms with Crippen LogP contribution in [0.4, 0.5) is 0 Å². The minimum Gasteiger partial charge on any atom is -0.366 e. The van der Waals surface area contributed by atoms with E-state index in [4.69, 9.17) is 17.3 Å². The van der Waals surface area contributed by atoms with Crippen LogP contribution in [0.15, 0.2) is 18.2 Å². The fourth-order valence-electron chi connectivity index (χ4n) is 2.28. The summed E-state index contributed by atoms with van der Waals surface area (Å²) >= 11 is 6.16. The molecule has 106 valence electrons. The number of rotatable bonds is 7. The Kier molecular flexibility index (Phi) is 6.32. The second-order valence-corrected chi connectivity index (χ2v) is 5.32. The van der Waals surface area contributed by atoms with Crippen LogP contribution in [-0.4, -0.2) is 11.9 Å². The number of primary amides is 1. The smallest absolute Gasteiger partial charge is 0.248 e. The summed E-state index contributed by atoms with van der Waals surface area (Å²) in [6.07, 6.45) is 2.33. The van der Waals surface area contributed by atoms with Gasteiger partial charge in [-0.25, -0.2) is 0 Å². The largest absolute Gasteiger partial charge is 0.366 e. The molecule has 0 aliphatic carbocycles. The molecule has 19 heavy (non-hydrogen) atoms. The number of carbonyl (C=O) groups is 1. The number of hydrogen-bond acceptors (Lipinski definition) is 2. The second-order valence-electron chi connectivity index (χ2n) is 4.92. The van der Waals surface area contributed by atoms with Gasteiger partial charge in [-0.2, -0.15) is 0 Å². The van der Waals surface area contributed by atoms with Gasteiger partial charge in [0.05, 0.1) is 0 Å². The number of benzene rings is 1. The zero-order chi connectivity index (χ0) is 14.4. The molecule has 0 spiro atoms. The number of halogens is 1. The van der Waals surface area contributed by atoms with Crippen molar-refractivity contribution in [2.75, 3.05) is 0 Å². The highest BCUT2D eigenvalue weighted by Crippen LogP contribution is 2.19. The summed E-state index contributed by atoms with van der Waals surface area (Å²) in [5, 5.41) is 4.07. The molecule has 0 heterocycles. The Bertz CT molecular complexity index is 430. The molecule has 1 amide bonds. The quantitative estimate of drug-likeness (QED) is 0.806. The van der Waals surface area contributed by atoms with Crippen LogP contribution in [0.5, 0.6) is 0 Å². The van der Waals surface area contributed by atoms with Gasteiger partial charge in [0.2, 0.25) is 5.91 Å². The third-order valence-corrected chi connectivity index (χ3v) is 4.06. The van der Waals surface area contributed by atoms with E-state index in [9.17, 15) is 4.79 Å². The molecule has 0 aliphatic rings. The molecule has 0 aromatic heterocycles. The van der Waals surface area contributed by atoms with E-state index in [2.05, 4.69) is 26.1 Å². The van der Waals surface area contributed by atoms with Crippen LogP contribution in [0, 0.1) is 5.92 Å². The van der Waals surface area contributed by atoms with Gasteiger partial charge in [-0.05, 0) is 30.5 Å². The lowest BCUT2D eigenvalue weighted by Crippen LogP contribution is -2.32. The van der Waals surface area contributed by atoms with Crippen molar-refractivity contribution in [1.82, 2.24) is 5.32 Å². The van der Waals surface area contributed by atoms with E-state index < -0.39 is 5.91 Å². The van der Waals surface area contributed by atoms with Crippen molar-refractivity contribution in [3.63, 3.8) is 0 Å². The van der Waals surface area contributed by atoms with Crippen LogP contribution in [0.2, 0.25) is 5.02 Å². The maximum atomic E-state index is 11.0. The van der Waals surface area contributed by atoms with Gasteiger partial charge in [0.15, 0.2) is 0 Å². The lowest BCUT2D eigenvalue weighted by molar-refractivity contribution is 0.100. The molecule has 3 N–H and O–H groups in total. The minimum absolute atomic E-state index is 0.446. The predicted molar refractivity (Wildman–Crippen MR) is 80.3 cm³/mol. The maximum absolute atomic E-state index is 11.0. The van der Waals surface area contributed by atoms with Gasteiger partial charge >= 0.3 is 0 Å². The van der Waals surface area contributed by atoms with Crippen LogP contribution in [0.25, 0.3) is 0 Å². The van der Waals surface area contributed by atoms with E-state index in [1.54, 1.807) is 12.1 Å². The fraction of sp³-hybridized carbons (Fsp3) is 0.533. The zero-order valence-corrected chi connectivity index (χ0v) is 12.6. The topological polar surface area (TPSA) is 55.1 Å². The highest BCUT2D eigenvalue weighted by molar-refractivity contribution is 6.31. The van der Waals surface area contributed by atoms with E-state index in [0.29, 0.717) is 29.1 Å². The van der Waals surface area contributed by atoms with Crippen LogP contribution in [-0.2, 0) is 6.54 Å². The van der Waals surface area contributed by atoms with Crippen molar-refractivity contribution < 1.29 is 4.79 Å². The average molecular weight is 283 g/mol. The highest BCUT2D eigenvalue weighted by atomic mass is 35.5. The molecule has 1 aromatic rings. The molecule has 0 fully saturated rings. The lowest BCUT2D eigenvalue weighted by atomic mass is 9.95. The van der Waals surface area contributed by atoms with Crippen molar-refractivity contribution in [2.24, 2.45) is 11.7 Å². The molecule has 4 heteroatoms. The molecule has 3 nitrogen and oxygen atoms in total. The van der Waals surface area contributed by atoms with Crippen LogP contribution < -0.4 is 11.1 Å². The van der Waals surface area contributed by atoms with Crippen molar-refractivity contribution in [2.45, 2.75) is 46.2 Å². The van der Waals surface area contributed by atoms with Gasteiger partial charge in [0.25, 0.3) is 0 Å². The SMILES string of the molecule is CCC(CC)C(C)NCc1ccc(C(N)=O)cc1Cl. The monoisotopic (exact) mass is 282 g/mol.